The van der Waals surface area contributed by atoms with Crippen LogP contribution in [-0.2, 0) is 0 Å². The van der Waals surface area contributed by atoms with Crippen LogP contribution in [0.15, 0.2) is 40.5 Å². The fraction of sp³-hybridized carbons (Fsp3) is 0.125. The Morgan fingerprint density at radius 3 is 2.65 bits per heavy atom. The Balaban J connectivity index is 1.98. The first-order chi connectivity index (χ1) is 11.0. The summed E-state index contributed by atoms with van der Waals surface area (Å²) in [5.74, 6) is -0.984. The van der Waals surface area contributed by atoms with Crippen molar-refractivity contribution in [3.8, 4) is 0 Å². The zero-order valence-electron chi connectivity index (χ0n) is 12.5. The molecule has 0 unspecified atom stereocenters. The monoisotopic (exact) mass is 327 g/mol. The second kappa shape index (κ2) is 5.77. The number of carbonyl (C=O) groups is 1. The molecule has 0 bridgehead atoms. The maximum atomic E-state index is 12.5. The summed E-state index contributed by atoms with van der Waals surface area (Å²) < 4.78 is 1.19. The highest BCUT2D eigenvalue weighted by Gasteiger charge is 2.11. The highest BCUT2D eigenvalue weighted by atomic mass is 32.1. The Labute approximate surface area is 135 Å². The van der Waals surface area contributed by atoms with Crippen LogP contribution in [0.4, 0.5) is 0 Å². The summed E-state index contributed by atoms with van der Waals surface area (Å²) in [6, 6.07) is 6.23. The highest BCUT2D eigenvalue weighted by molar-refractivity contribution is 7.18. The standard InChI is InChI=1S/C16H13N3O3S/c1-9-10(2)23-14-13(9)15(20)19(8-17-14)18-7-11-3-5-12(6-4-11)16(21)22/h3-8H,1-2H3,(H,21,22). The minimum atomic E-state index is -0.984. The third-order valence-electron chi connectivity index (χ3n) is 3.56. The van der Waals surface area contributed by atoms with Gasteiger partial charge < -0.3 is 5.11 Å². The Morgan fingerprint density at radius 1 is 1.30 bits per heavy atom. The lowest BCUT2D eigenvalue weighted by atomic mass is 10.1. The minimum Gasteiger partial charge on any atom is -0.478 e. The Bertz CT molecular complexity index is 984. The smallest absolute Gasteiger partial charge is 0.335 e. The molecule has 0 fully saturated rings. The van der Waals surface area contributed by atoms with Crippen LogP contribution in [0, 0.1) is 13.8 Å². The molecule has 0 aliphatic heterocycles. The molecule has 23 heavy (non-hydrogen) atoms. The second-order valence-corrected chi connectivity index (χ2v) is 6.23. The molecule has 116 valence electrons. The van der Waals surface area contributed by atoms with E-state index in [1.807, 2.05) is 13.8 Å². The molecule has 1 aromatic carbocycles. The van der Waals surface area contributed by atoms with E-state index in [1.54, 1.807) is 12.1 Å². The van der Waals surface area contributed by atoms with E-state index in [4.69, 9.17) is 5.11 Å². The molecule has 0 radical (unpaired) electrons. The topological polar surface area (TPSA) is 84.6 Å². The average molecular weight is 327 g/mol. The lowest BCUT2D eigenvalue weighted by molar-refractivity contribution is 0.0697. The van der Waals surface area contributed by atoms with Crippen molar-refractivity contribution in [3.63, 3.8) is 0 Å². The van der Waals surface area contributed by atoms with Crippen molar-refractivity contribution in [2.75, 3.05) is 0 Å². The largest absolute Gasteiger partial charge is 0.478 e. The fourth-order valence-electron chi connectivity index (χ4n) is 2.15. The molecule has 3 rings (SSSR count). The molecule has 0 saturated carbocycles. The van der Waals surface area contributed by atoms with E-state index >= 15 is 0 Å². The van der Waals surface area contributed by atoms with Crippen LogP contribution >= 0.6 is 11.3 Å². The number of aryl methyl sites for hydroxylation is 2. The number of rotatable bonds is 3. The number of carboxylic acids is 1. The minimum absolute atomic E-state index is 0.201. The van der Waals surface area contributed by atoms with E-state index in [2.05, 4.69) is 10.1 Å². The van der Waals surface area contributed by atoms with Crippen LogP contribution in [-0.4, -0.2) is 27.0 Å². The van der Waals surface area contributed by atoms with Gasteiger partial charge in [-0.05, 0) is 37.1 Å². The summed E-state index contributed by atoms with van der Waals surface area (Å²) in [6.45, 7) is 3.86. The van der Waals surface area contributed by atoms with Gasteiger partial charge in [-0.15, -0.1) is 11.3 Å². The third kappa shape index (κ3) is 2.78. The molecule has 0 atom stereocenters. The van der Waals surface area contributed by atoms with Crippen LogP contribution in [0.25, 0.3) is 10.2 Å². The molecule has 6 nitrogen and oxygen atoms in total. The van der Waals surface area contributed by atoms with E-state index < -0.39 is 5.97 Å². The van der Waals surface area contributed by atoms with Gasteiger partial charge in [0.05, 0.1) is 17.2 Å². The van der Waals surface area contributed by atoms with Gasteiger partial charge in [-0.25, -0.2) is 9.78 Å². The van der Waals surface area contributed by atoms with Gasteiger partial charge in [0.1, 0.15) is 11.2 Å². The van der Waals surface area contributed by atoms with Crippen molar-refractivity contribution in [1.29, 1.82) is 0 Å². The summed E-state index contributed by atoms with van der Waals surface area (Å²) in [5, 5.41) is 13.6. The van der Waals surface area contributed by atoms with Crippen LogP contribution in [0.1, 0.15) is 26.4 Å². The number of carboxylic acid groups (broad SMARTS) is 1. The van der Waals surface area contributed by atoms with Gasteiger partial charge in [-0.1, -0.05) is 12.1 Å². The molecule has 2 heterocycles. The predicted octanol–water partition coefficient (Wildman–Crippen LogP) is 2.66. The van der Waals surface area contributed by atoms with Crippen LogP contribution in [0.5, 0.6) is 0 Å². The van der Waals surface area contributed by atoms with Crippen LogP contribution < -0.4 is 5.56 Å². The molecule has 0 spiro atoms. The average Bonchev–Trinajstić information content (AvgIpc) is 2.82. The van der Waals surface area contributed by atoms with E-state index in [9.17, 15) is 9.59 Å². The molecule has 0 aliphatic rings. The van der Waals surface area contributed by atoms with E-state index in [0.717, 1.165) is 10.4 Å². The maximum Gasteiger partial charge on any atom is 0.335 e. The summed E-state index contributed by atoms with van der Waals surface area (Å²) in [7, 11) is 0. The number of aromatic nitrogens is 2. The van der Waals surface area contributed by atoms with Crippen LogP contribution in [0.3, 0.4) is 0 Å². The zero-order valence-corrected chi connectivity index (χ0v) is 13.3. The van der Waals surface area contributed by atoms with Gasteiger partial charge >= 0.3 is 5.97 Å². The van der Waals surface area contributed by atoms with Gasteiger partial charge in [0.15, 0.2) is 0 Å². The SMILES string of the molecule is Cc1sc2ncn(N=Cc3ccc(C(=O)O)cc3)c(=O)c2c1C. The van der Waals surface area contributed by atoms with Crippen molar-refractivity contribution in [2.24, 2.45) is 5.10 Å². The molecule has 1 N–H and O–H groups in total. The van der Waals surface area contributed by atoms with Crippen molar-refractivity contribution in [2.45, 2.75) is 13.8 Å². The van der Waals surface area contributed by atoms with Crippen molar-refractivity contribution >= 4 is 33.7 Å². The number of aromatic carboxylic acids is 1. The Morgan fingerprint density at radius 2 is 2.00 bits per heavy atom. The molecule has 7 heteroatoms. The number of hydrogen-bond donors (Lipinski definition) is 1. The lowest BCUT2D eigenvalue weighted by Gasteiger charge is -1.99. The first-order valence-corrected chi connectivity index (χ1v) is 7.64. The van der Waals surface area contributed by atoms with Gasteiger partial charge in [0.25, 0.3) is 5.56 Å². The molecule has 2 aromatic heterocycles. The molecule has 0 saturated heterocycles. The summed E-state index contributed by atoms with van der Waals surface area (Å²) in [6.07, 6.45) is 2.89. The maximum absolute atomic E-state index is 12.5. The normalized spacial score (nSPS) is 11.4. The molecular formula is C16H13N3O3S. The van der Waals surface area contributed by atoms with Gasteiger partial charge in [-0.2, -0.15) is 9.78 Å². The third-order valence-corrected chi connectivity index (χ3v) is 4.68. The quantitative estimate of drug-likeness (QED) is 0.750. The zero-order chi connectivity index (χ0) is 16.6. The number of fused-ring (bicyclic) bond motifs is 1. The Hall–Kier alpha value is -2.80. The van der Waals surface area contributed by atoms with E-state index in [-0.39, 0.29) is 11.1 Å². The van der Waals surface area contributed by atoms with Crippen molar-refractivity contribution < 1.29 is 9.90 Å². The number of benzene rings is 1. The lowest BCUT2D eigenvalue weighted by Crippen LogP contribution is -2.16. The summed E-state index contributed by atoms with van der Waals surface area (Å²) >= 11 is 1.49. The Kier molecular flexibility index (Phi) is 3.79. The van der Waals surface area contributed by atoms with E-state index in [0.29, 0.717) is 15.8 Å². The van der Waals surface area contributed by atoms with Crippen molar-refractivity contribution in [3.05, 3.63) is 62.5 Å². The summed E-state index contributed by atoms with van der Waals surface area (Å²) in [5.41, 5.74) is 1.61. The van der Waals surface area contributed by atoms with Crippen LogP contribution in [0.2, 0.25) is 0 Å². The first kappa shape index (κ1) is 15.1. The number of nitrogens with zero attached hydrogens (tertiary/aromatic N) is 3. The molecule has 0 amide bonds. The summed E-state index contributed by atoms with van der Waals surface area (Å²) in [4.78, 5) is 29.3. The second-order valence-electron chi connectivity index (χ2n) is 5.03. The molecule has 0 aliphatic carbocycles. The van der Waals surface area contributed by atoms with Gasteiger partial charge in [0, 0.05) is 4.88 Å². The predicted molar refractivity (Wildman–Crippen MR) is 89.7 cm³/mol. The van der Waals surface area contributed by atoms with Gasteiger partial charge in [-0.3, -0.25) is 4.79 Å². The fourth-order valence-corrected chi connectivity index (χ4v) is 3.14. The molecule has 3 aromatic rings. The molecular weight excluding hydrogens is 314 g/mol. The number of thiophene rings is 1. The highest BCUT2D eigenvalue weighted by Crippen LogP contribution is 2.25. The van der Waals surface area contributed by atoms with Gasteiger partial charge in [0.2, 0.25) is 0 Å². The first-order valence-electron chi connectivity index (χ1n) is 6.82. The van der Waals surface area contributed by atoms with Crippen molar-refractivity contribution in [1.82, 2.24) is 9.66 Å². The van der Waals surface area contributed by atoms with E-state index in [1.165, 1.54) is 40.7 Å². The number of hydrogen-bond acceptors (Lipinski definition) is 5.